The van der Waals surface area contributed by atoms with E-state index in [1.807, 2.05) is 31.2 Å². The van der Waals surface area contributed by atoms with Crippen LogP contribution in [0.4, 0.5) is 5.95 Å². The number of nitrogens with one attached hydrogen (secondary N) is 2. The summed E-state index contributed by atoms with van der Waals surface area (Å²) in [4.78, 5) is 21.0. The van der Waals surface area contributed by atoms with E-state index in [0.717, 1.165) is 23.6 Å². The van der Waals surface area contributed by atoms with Crippen molar-refractivity contribution in [1.29, 1.82) is 0 Å². The summed E-state index contributed by atoms with van der Waals surface area (Å²) in [5, 5.41) is 6.02. The Labute approximate surface area is 142 Å². The molecule has 6 nitrogen and oxygen atoms in total. The van der Waals surface area contributed by atoms with E-state index >= 15 is 0 Å². The minimum atomic E-state index is -0.237. The van der Waals surface area contributed by atoms with E-state index < -0.39 is 0 Å². The van der Waals surface area contributed by atoms with E-state index in [1.165, 1.54) is 0 Å². The fourth-order valence-corrected chi connectivity index (χ4v) is 2.17. The molecule has 1 aromatic heterocycles. The summed E-state index contributed by atoms with van der Waals surface area (Å²) in [6, 6.07) is 9.26. The standard InChI is InChI=1S/C18H24N4O2/c1-12(2)10-20-18-21-13(3)9-15(22-18)17(23)19-11-14-7-5-6-8-16(14)24-4/h5-9,12H,10-11H2,1-4H3,(H,19,23)(H,20,21,22). The maximum absolute atomic E-state index is 12.4. The van der Waals surface area contributed by atoms with Crippen molar-refractivity contribution in [2.24, 2.45) is 5.92 Å². The average molecular weight is 328 g/mol. The summed E-state index contributed by atoms with van der Waals surface area (Å²) < 4.78 is 5.29. The number of ether oxygens (including phenoxy) is 1. The average Bonchev–Trinajstić information content (AvgIpc) is 2.57. The van der Waals surface area contributed by atoms with Gasteiger partial charge in [0.25, 0.3) is 5.91 Å². The normalized spacial score (nSPS) is 10.5. The first-order valence-corrected chi connectivity index (χ1v) is 7.99. The van der Waals surface area contributed by atoms with Crippen LogP contribution in [0.15, 0.2) is 30.3 Å². The number of carbonyl (C=O) groups excluding carboxylic acids is 1. The van der Waals surface area contributed by atoms with Crippen molar-refractivity contribution in [3.05, 3.63) is 47.3 Å². The lowest BCUT2D eigenvalue weighted by Crippen LogP contribution is -2.25. The van der Waals surface area contributed by atoms with Gasteiger partial charge in [0, 0.05) is 24.3 Å². The third-order valence-corrected chi connectivity index (χ3v) is 3.39. The van der Waals surface area contributed by atoms with E-state index in [9.17, 15) is 4.79 Å². The van der Waals surface area contributed by atoms with Gasteiger partial charge in [-0.25, -0.2) is 9.97 Å². The van der Waals surface area contributed by atoms with Gasteiger partial charge in [0.2, 0.25) is 5.95 Å². The Balaban J connectivity index is 2.06. The van der Waals surface area contributed by atoms with Crippen molar-refractivity contribution in [3.63, 3.8) is 0 Å². The molecule has 0 fully saturated rings. The maximum atomic E-state index is 12.4. The third-order valence-electron chi connectivity index (χ3n) is 3.39. The van der Waals surface area contributed by atoms with Crippen LogP contribution in [-0.2, 0) is 6.54 Å². The number of amides is 1. The van der Waals surface area contributed by atoms with Gasteiger partial charge in [-0.05, 0) is 25.0 Å². The number of methoxy groups -OCH3 is 1. The van der Waals surface area contributed by atoms with Gasteiger partial charge in [-0.15, -0.1) is 0 Å². The number of benzene rings is 1. The molecule has 0 saturated carbocycles. The molecule has 0 aliphatic carbocycles. The van der Waals surface area contributed by atoms with Crippen LogP contribution in [0.1, 0.15) is 35.6 Å². The number of rotatable bonds is 7. The first kappa shape index (κ1) is 17.7. The molecular weight excluding hydrogens is 304 g/mol. The molecule has 6 heteroatoms. The number of para-hydroxylation sites is 1. The van der Waals surface area contributed by atoms with E-state index in [0.29, 0.717) is 24.1 Å². The lowest BCUT2D eigenvalue weighted by Gasteiger charge is -2.11. The SMILES string of the molecule is COc1ccccc1CNC(=O)c1cc(C)nc(NCC(C)C)n1. The van der Waals surface area contributed by atoms with Crippen molar-refractivity contribution >= 4 is 11.9 Å². The molecule has 2 rings (SSSR count). The van der Waals surface area contributed by atoms with Gasteiger partial charge >= 0.3 is 0 Å². The Bertz CT molecular complexity index is 701. The zero-order valence-corrected chi connectivity index (χ0v) is 14.6. The Morgan fingerprint density at radius 2 is 2.00 bits per heavy atom. The van der Waals surface area contributed by atoms with E-state index in [1.54, 1.807) is 13.2 Å². The largest absolute Gasteiger partial charge is 0.496 e. The zero-order chi connectivity index (χ0) is 17.5. The van der Waals surface area contributed by atoms with E-state index in [2.05, 4.69) is 34.4 Å². The zero-order valence-electron chi connectivity index (χ0n) is 14.6. The van der Waals surface area contributed by atoms with Crippen LogP contribution in [0.2, 0.25) is 0 Å². The Morgan fingerprint density at radius 3 is 2.71 bits per heavy atom. The van der Waals surface area contributed by atoms with Gasteiger partial charge < -0.3 is 15.4 Å². The van der Waals surface area contributed by atoms with Crippen LogP contribution >= 0.6 is 0 Å². The number of carbonyl (C=O) groups is 1. The predicted octanol–water partition coefficient (Wildman–Crippen LogP) is 2.79. The highest BCUT2D eigenvalue weighted by Crippen LogP contribution is 2.17. The van der Waals surface area contributed by atoms with Crippen molar-refractivity contribution in [2.45, 2.75) is 27.3 Å². The minimum Gasteiger partial charge on any atom is -0.496 e. The molecule has 0 radical (unpaired) electrons. The molecule has 0 saturated heterocycles. The van der Waals surface area contributed by atoms with Crippen LogP contribution in [0.3, 0.4) is 0 Å². The first-order valence-electron chi connectivity index (χ1n) is 7.99. The van der Waals surface area contributed by atoms with Crippen molar-refractivity contribution in [2.75, 3.05) is 19.0 Å². The molecule has 0 spiro atoms. The second kappa shape index (κ2) is 8.29. The molecule has 128 valence electrons. The summed E-state index contributed by atoms with van der Waals surface area (Å²) in [7, 11) is 1.61. The van der Waals surface area contributed by atoms with E-state index in [4.69, 9.17) is 4.74 Å². The van der Waals surface area contributed by atoms with E-state index in [-0.39, 0.29) is 5.91 Å². The molecule has 0 aliphatic rings. The second-order valence-corrected chi connectivity index (χ2v) is 5.99. The van der Waals surface area contributed by atoms with Crippen LogP contribution in [-0.4, -0.2) is 29.5 Å². The third kappa shape index (κ3) is 4.94. The minimum absolute atomic E-state index is 0.237. The number of hydrogen-bond donors (Lipinski definition) is 2. The lowest BCUT2D eigenvalue weighted by molar-refractivity contribution is 0.0945. The monoisotopic (exact) mass is 328 g/mol. The van der Waals surface area contributed by atoms with Crippen LogP contribution in [0.5, 0.6) is 5.75 Å². The fraction of sp³-hybridized carbons (Fsp3) is 0.389. The molecular formula is C18H24N4O2. The van der Waals surface area contributed by atoms with Crippen LogP contribution in [0, 0.1) is 12.8 Å². The second-order valence-electron chi connectivity index (χ2n) is 5.99. The van der Waals surface area contributed by atoms with Gasteiger partial charge in [0.15, 0.2) is 0 Å². The summed E-state index contributed by atoms with van der Waals surface area (Å²) in [5.74, 6) is 1.46. The number of aryl methyl sites for hydroxylation is 1. The molecule has 2 N–H and O–H groups in total. The topological polar surface area (TPSA) is 76.1 Å². The molecule has 0 bridgehead atoms. The number of aromatic nitrogens is 2. The molecule has 1 aromatic carbocycles. The van der Waals surface area contributed by atoms with Gasteiger partial charge in [-0.1, -0.05) is 32.0 Å². The van der Waals surface area contributed by atoms with Crippen molar-refractivity contribution in [1.82, 2.24) is 15.3 Å². The number of anilines is 1. The molecule has 0 aliphatic heterocycles. The maximum Gasteiger partial charge on any atom is 0.270 e. The Kier molecular flexibility index (Phi) is 6.12. The van der Waals surface area contributed by atoms with Gasteiger partial charge in [-0.3, -0.25) is 4.79 Å². The van der Waals surface area contributed by atoms with Gasteiger partial charge in [0.1, 0.15) is 11.4 Å². The smallest absolute Gasteiger partial charge is 0.270 e. The van der Waals surface area contributed by atoms with Crippen molar-refractivity contribution < 1.29 is 9.53 Å². The lowest BCUT2D eigenvalue weighted by atomic mass is 10.2. The highest BCUT2D eigenvalue weighted by atomic mass is 16.5. The number of hydrogen-bond acceptors (Lipinski definition) is 5. The number of nitrogens with zero attached hydrogens (tertiary/aromatic N) is 2. The van der Waals surface area contributed by atoms with Crippen LogP contribution in [0.25, 0.3) is 0 Å². The Morgan fingerprint density at radius 1 is 1.25 bits per heavy atom. The highest BCUT2D eigenvalue weighted by molar-refractivity contribution is 5.92. The molecule has 0 atom stereocenters. The molecule has 2 aromatic rings. The molecule has 24 heavy (non-hydrogen) atoms. The quantitative estimate of drug-likeness (QED) is 0.817. The first-order chi connectivity index (χ1) is 11.5. The highest BCUT2D eigenvalue weighted by Gasteiger charge is 2.11. The summed E-state index contributed by atoms with van der Waals surface area (Å²) >= 11 is 0. The molecule has 0 unspecified atom stereocenters. The summed E-state index contributed by atoms with van der Waals surface area (Å²) in [6.45, 7) is 7.18. The fourth-order valence-electron chi connectivity index (χ4n) is 2.17. The van der Waals surface area contributed by atoms with Gasteiger partial charge in [-0.2, -0.15) is 0 Å². The Hall–Kier alpha value is -2.63. The summed E-state index contributed by atoms with van der Waals surface area (Å²) in [6.07, 6.45) is 0. The van der Waals surface area contributed by atoms with Crippen molar-refractivity contribution in [3.8, 4) is 5.75 Å². The predicted molar refractivity (Wildman–Crippen MR) is 94.3 cm³/mol. The van der Waals surface area contributed by atoms with Gasteiger partial charge in [0.05, 0.1) is 7.11 Å². The summed E-state index contributed by atoms with van der Waals surface area (Å²) in [5.41, 5.74) is 2.01. The molecule has 1 heterocycles. The molecule has 1 amide bonds. The van der Waals surface area contributed by atoms with Crippen LogP contribution < -0.4 is 15.4 Å².